The first kappa shape index (κ1) is 8.92. The quantitative estimate of drug-likeness (QED) is 0.551. The van der Waals surface area contributed by atoms with Gasteiger partial charge in [0.15, 0.2) is 0 Å². The molecule has 0 aromatic rings. The van der Waals surface area contributed by atoms with E-state index in [1.807, 2.05) is 7.05 Å². The number of hydrogen-bond acceptors (Lipinski definition) is 1. The molecule has 0 heterocycles. The summed E-state index contributed by atoms with van der Waals surface area (Å²) >= 11 is 0. The molecule has 0 spiro atoms. The lowest BCUT2D eigenvalue weighted by molar-refractivity contribution is 0.203. The van der Waals surface area contributed by atoms with Gasteiger partial charge in [0.2, 0.25) is 0 Å². The van der Waals surface area contributed by atoms with Crippen LogP contribution in [-0.2, 0) is 0 Å². The number of rotatable bonds is 4. The minimum Gasteiger partial charge on any atom is -0.288 e. The second-order valence-electron chi connectivity index (χ2n) is 2.11. The molecule has 0 aliphatic heterocycles. The Balaban J connectivity index is 3.50. The maximum Gasteiger partial charge on any atom is 0.0728 e. The Hall–Kier alpha value is -0.0800. The molecule has 9 heavy (non-hydrogen) atoms. The summed E-state index contributed by atoms with van der Waals surface area (Å²) in [5, 5.41) is 4.16. The van der Waals surface area contributed by atoms with Gasteiger partial charge in [-0.1, -0.05) is 13.8 Å². The van der Waals surface area contributed by atoms with Gasteiger partial charge in [-0.25, -0.2) is 5.32 Å². The molecule has 0 N–H and O–H groups in total. The van der Waals surface area contributed by atoms with Crippen molar-refractivity contribution in [3.05, 3.63) is 0 Å². The van der Waals surface area contributed by atoms with Crippen molar-refractivity contribution in [2.24, 2.45) is 0 Å². The van der Waals surface area contributed by atoms with Gasteiger partial charge < -0.3 is 0 Å². The SMILES string of the molecule is CCN(CC)C(C)[N]C. The van der Waals surface area contributed by atoms with Crippen LogP contribution in [0.5, 0.6) is 0 Å². The molecule has 0 aliphatic carbocycles. The minimum absolute atomic E-state index is 0.389. The average molecular weight is 129 g/mol. The highest BCUT2D eigenvalue weighted by atomic mass is 15.2. The molecule has 1 atom stereocenters. The molecule has 55 valence electrons. The first-order valence-electron chi connectivity index (χ1n) is 3.59. The summed E-state index contributed by atoms with van der Waals surface area (Å²) in [6.07, 6.45) is 0.389. The van der Waals surface area contributed by atoms with Gasteiger partial charge in [0.05, 0.1) is 6.17 Å². The van der Waals surface area contributed by atoms with E-state index in [9.17, 15) is 0 Å². The summed E-state index contributed by atoms with van der Waals surface area (Å²) in [4.78, 5) is 2.31. The zero-order valence-electron chi connectivity index (χ0n) is 6.89. The fraction of sp³-hybridized carbons (Fsp3) is 1.00. The lowest BCUT2D eigenvalue weighted by atomic mass is 10.4. The maximum absolute atomic E-state index is 4.16. The van der Waals surface area contributed by atoms with Crippen LogP contribution in [-0.4, -0.2) is 31.2 Å². The summed E-state index contributed by atoms with van der Waals surface area (Å²) in [5.41, 5.74) is 0. The smallest absolute Gasteiger partial charge is 0.0728 e. The third-order valence-electron chi connectivity index (χ3n) is 1.71. The Kier molecular flexibility index (Phi) is 4.72. The maximum atomic E-state index is 4.16. The second kappa shape index (κ2) is 4.77. The molecule has 0 aromatic carbocycles. The molecule has 0 saturated heterocycles. The van der Waals surface area contributed by atoms with E-state index in [4.69, 9.17) is 0 Å². The van der Waals surface area contributed by atoms with Crippen LogP contribution in [0.1, 0.15) is 20.8 Å². The van der Waals surface area contributed by atoms with E-state index in [0.29, 0.717) is 6.17 Å². The molecular weight excluding hydrogens is 112 g/mol. The fourth-order valence-electron chi connectivity index (χ4n) is 0.915. The van der Waals surface area contributed by atoms with Gasteiger partial charge in [-0.2, -0.15) is 0 Å². The molecule has 0 fully saturated rings. The van der Waals surface area contributed by atoms with Gasteiger partial charge >= 0.3 is 0 Å². The first-order valence-corrected chi connectivity index (χ1v) is 3.59. The van der Waals surface area contributed by atoms with Gasteiger partial charge in [-0.15, -0.1) is 0 Å². The third kappa shape index (κ3) is 2.82. The molecule has 2 nitrogen and oxygen atoms in total. The van der Waals surface area contributed by atoms with Gasteiger partial charge in [-0.05, 0) is 20.0 Å². The Labute approximate surface area is 58.2 Å². The van der Waals surface area contributed by atoms with Crippen LogP contribution in [0.3, 0.4) is 0 Å². The highest BCUT2D eigenvalue weighted by molar-refractivity contribution is 4.57. The molecule has 0 bridgehead atoms. The monoisotopic (exact) mass is 129 g/mol. The predicted octanol–water partition coefficient (Wildman–Crippen LogP) is 0.908. The van der Waals surface area contributed by atoms with Crippen molar-refractivity contribution in [3.8, 4) is 0 Å². The Morgan fingerprint density at radius 3 is 1.89 bits per heavy atom. The fourth-order valence-corrected chi connectivity index (χ4v) is 0.915. The van der Waals surface area contributed by atoms with E-state index in [2.05, 4.69) is 31.0 Å². The molecule has 1 unspecified atom stereocenters. The number of nitrogens with zero attached hydrogens (tertiary/aromatic N) is 2. The summed E-state index contributed by atoms with van der Waals surface area (Å²) < 4.78 is 0. The van der Waals surface area contributed by atoms with Crippen LogP contribution >= 0.6 is 0 Å². The van der Waals surface area contributed by atoms with Gasteiger partial charge in [0, 0.05) is 7.05 Å². The molecule has 0 aromatic heterocycles. The van der Waals surface area contributed by atoms with Crippen molar-refractivity contribution in [1.29, 1.82) is 0 Å². The van der Waals surface area contributed by atoms with Crippen LogP contribution in [0.4, 0.5) is 0 Å². The van der Waals surface area contributed by atoms with Crippen LogP contribution in [0.25, 0.3) is 0 Å². The standard InChI is InChI=1S/C7H17N2/c1-5-9(6-2)7(3)8-4/h7H,5-6H2,1-4H3. The summed E-state index contributed by atoms with van der Waals surface area (Å²) in [6, 6.07) is 0. The summed E-state index contributed by atoms with van der Waals surface area (Å²) in [7, 11) is 1.86. The van der Waals surface area contributed by atoms with Crippen molar-refractivity contribution in [3.63, 3.8) is 0 Å². The number of hydrogen-bond donors (Lipinski definition) is 0. The molecule has 0 amide bonds. The van der Waals surface area contributed by atoms with Crippen LogP contribution in [0.2, 0.25) is 0 Å². The van der Waals surface area contributed by atoms with Gasteiger partial charge in [0.1, 0.15) is 0 Å². The van der Waals surface area contributed by atoms with Crippen molar-refractivity contribution in [2.45, 2.75) is 26.9 Å². The van der Waals surface area contributed by atoms with E-state index in [1.54, 1.807) is 0 Å². The zero-order valence-corrected chi connectivity index (χ0v) is 6.89. The normalized spacial score (nSPS) is 14.3. The highest BCUT2D eigenvalue weighted by Crippen LogP contribution is 1.92. The average Bonchev–Trinajstić information content (AvgIpc) is 1.90. The van der Waals surface area contributed by atoms with Crippen LogP contribution in [0, 0.1) is 0 Å². The van der Waals surface area contributed by atoms with E-state index in [-0.39, 0.29) is 0 Å². The lowest BCUT2D eigenvalue weighted by Crippen LogP contribution is -2.37. The van der Waals surface area contributed by atoms with Crippen LogP contribution < -0.4 is 5.32 Å². The third-order valence-corrected chi connectivity index (χ3v) is 1.71. The Morgan fingerprint density at radius 2 is 1.78 bits per heavy atom. The van der Waals surface area contributed by atoms with Gasteiger partial charge in [-0.3, -0.25) is 4.90 Å². The predicted molar refractivity (Wildman–Crippen MR) is 40.4 cm³/mol. The minimum atomic E-state index is 0.389. The molecule has 0 rings (SSSR count). The lowest BCUT2D eigenvalue weighted by Gasteiger charge is -2.24. The molecule has 1 radical (unpaired) electrons. The Morgan fingerprint density at radius 1 is 1.33 bits per heavy atom. The van der Waals surface area contributed by atoms with E-state index < -0.39 is 0 Å². The van der Waals surface area contributed by atoms with Crippen molar-refractivity contribution in [2.75, 3.05) is 20.1 Å². The zero-order chi connectivity index (χ0) is 7.28. The highest BCUT2D eigenvalue weighted by Gasteiger charge is 2.05. The van der Waals surface area contributed by atoms with Crippen molar-refractivity contribution >= 4 is 0 Å². The first-order chi connectivity index (χ1) is 4.26. The molecule has 0 aliphatic rings. The molecule has 2 heteroatoms. The van der Waals surface area contributed by atoms with Crippen LogP contribution in [0.15, 0.2) is 0 Å². The van der Waals surface area contributed by atoms with Crippen molar-refractivity contribution < 1.29 is 0 Å². The Bertz CT molecular complexity index is 59.9. The molecule has 0 saturated carbocycles. The topological polar surface area (TPSA) is 17.3 Å². The van der Waals surface area contributed by atoms with Gasteiger partial charge in [0.25, 0.3) is 0 Å². The summed E-state index contributed by atoms with van der Waals surface area (Å²) in [5.74, 6) is 0. The largest absolute Gasteiger partial charge is 0.288 e. The molecular formula is C7H17N2. The van der Waals surface area contributed by atoms with Crippen molar-refractivity contribution in [1.82, 2.24) is 10.2 Å². The van der Waals surface area contributed by atoms with E-state index >= 15 is 0 Å². The summed E-state index contributed by atoms with van der Waals surface area (Å²) in [6.45, 7) is 8.62. The van der Waals surface area contributed by atoms with E-state index in [0.717, 1.165) is 13.1 Å². The second-order valence-corrected chi connectivity index (χ2v) is 2.11. The van der Waals surface area contributed by atoms with E-state index in [1.165, 1.54) is 0 Å².